The van der Waals surface area contributed by atoms with Crippen molar-refractivity contribution < 1.29 is 78.9 Å². The predicted octanol–water partition coefficient (Wildman–Crippen LogP) is -8.80. The molecular formula is C8H11NNa2O4. The number of carboxylic acid groups (broad SMARTS) is 2. The van der Waals surface area contributed by atoms with E-state index < -0.39 is 17.4 Å². The molecule has 0 spiro atoms. The fraction of sp³-hybridized carbons (Fsp3) is 0.750. The van der Waals surface area contributed by atoms with E-state index in [9.17, 15) is 19.8 Å². The van der Waals surface area contributed by atoms with Gasteiger partial charge in [-0.25, -0.2) is 0 Å². The number of nitrogens with zero attached hydrogens (tertiary/aromatic N) is 1. The summed E-state index contributed by atoms with van der Waals surface area (Å²) in [7, 11) is 0. The van der Waals surface area contributed by atoms with Gasteiger partial charge in [0.05, 0.1) is 17.4 Å². The second kappa shape index (κ2) is 6.59. The zero-order chi connectivity index (χ0) is 10.2. The van der Waals surface area contributed by atoms with E-state index in [2.05, 4.69) is 0 Å². The van der Waals surface area contributed by atoms with Crippen LogP contribution in [0.4, 0.5) is 0 Å². The third-order valence-electron chi connectivity index (χ3n) is 2.46. The van der Waals surface area contributed by atoms with E-state index in [-0.39, 0.29) is 78.2 Å². The Balaban J connectivity index is 0. The topological polar surface area (TPSA) is 83.5 Å². The number of carbonyl (C=O) groups excluding carboxylic acids is 2. The van der Waals surface area contributed by atoms with Crippen LogP contribution in [0.3, 0.4) is 0 Å². The van der Waals surface area contributed by atoms with E-state index in [1.54, 1.807) is 4.90 Å². The molecule has 0 amide bonds. The summed E-state index contributed by atoms with van der Waals surface area (Å²) >= 11 is 0. The Hall–Kier alpha value is 0.900. The van der Waals surface area contributed by atoms with Crippen molar-refractivity contribution in [3.05, 3.63) is 0 Å². The first-order chi connectivity index (χ1) is 5.90. The van der Waals surface area contributed by atoms with Crippen LogP contribution in [-0.2, 0) is 9.59 Å². The van der Waals surface area contributed by atoms with Gasteiger partial charge in [0.1, 0.15) is 0 Å². The van der Waals surface area contributed by atoms with Gasteiger partial charge in [-0.15, -0.1) is 0 Å². The maximum absolute atomic E-state index is 10.6. The first-order valence-electron chi connectivity index (χ1n) is 4.07. The third kappa shape index (κ3) is 3.43. The van der Waals surface area contributed by atoms with Crippen molar-refractivity contribution in [1.29, 1.82) is 0 Å². The zero-order valence-corrected chi connectivity index (χ0v) is 13.6. The quantitative estimate of drug-likeness (QED) is 0.356. The average Bonchev–Trinajstić information content (AvgIpc) is 1.80. The van der Waals surface area contributed by atoms with Crippen molar-refractivity contribution >= 4 is 11.9 Å². The Bertz CT molecular complexity index is 235. The normalized spacial score (nSPS) is 18.3. The van der Waals surface area contributed by atoms with Crippen LogP contribution < -0.4 is 69.3 Å². The molecule has 0 aromatic rings. The number of hydrogen-bond donors (Lipinski definition) is 0. The van der Waals surface area contributed by atoms with Gasteiger partial charge in [0.15, 0.2) is 0 Å². The molecule has 15 heavy (non-hydrogen) atoms. The number of carbonyl (C=O) groups is 2. The van der Waals surface area contributed by atoms with Gasteiger partial charge in [0.25, 0.3) is 0 Å². The van der Waals surface area contributed by atoms with E-state index >= 15 is 0 Å². The van der Waals surface area contributed by atoms with Crippen molar-refractivity contribution in [3.8, 4) is 0 Å². The SMILES string of the molecule is CC(C)N1CC(C(=O)[O-])(C(=O)[O-])C1.[Na+].[Na+]. The molecule has 0 radical (unpaired) electrons. The Morgan fingerprint density at radius 3 is 1.67 bits per heavy atom. The van der Waals surface area contributed by atoms with E-state index in [4.69, 9.17) is 0 Å². The summed E-state index contributed by atoms with van der Waals surface area (Å²) in [6.45, 7) is 3.70. The summed E-state index contributed by atoms with van der Waals surface area (Å²) in [4.78, 5) is 22.9. The van der Waals surface area contributed by atoms with E-state index in [0.29, 0.717) is 0 Å². The minimum absolute atomic E-state index is 0. The number of carboxylic acids is 2. The van der Waals surface area contributed by atoms with Crippen molar-refractivity contribution in [3.63, 3.8) is 0 Å². The van der Waals surface area contributed by atoms with Gasteiger partial charge < -0.3 is 19.8 Å². The molecule has 0 bridgehead atoms. The van der Waals surface area contributed by atoms with Crippen molar-refractivity contribution in [2.75, 3.05) is 13.1 Å². The molecular weight excluding hydrogens is 220 g/mol. The minimum atomic E-state index is -1.79. The summed E-state index contributed by atoms with van der Waals surface area (Å²) in [5, 5.41) is 21.1. The van der Waals surface area contributed by atoms with Gasteiger partial charge in [-0.1, -0.05) is 0 Å². The average molecular weight is 231 g/mol. The van der Waals surface area contributed by atoms with E-state index in [1.165, 1.54) is 0 Å². The Morgan fingerprint density at radius 1 is 1.13 bits per heavy atom. The molecule has 74 valence electrons. The van der Waals surface area contributed by atoms with Gasteiger partial charge >= 0.3 is 59.1 Å². The number of aliphatic carboxylic acids is 2. The molecule has 0 unspecified atom stereocenters. The number of hydrogen-bond acceptors (Lipinski definition) is 5. The van der Waals surface area contributed by atoms with Gasteiger partial charge in [-0.05, 0) is 13.8 Å². The largest absolute Gasteiger partial charge is 1.00 e. The van der Waals surface area contributed by atoms with Crippen molar-refractivity contribution in [1.82, 2.24) is 4.90 Å². The maximum atomic E-state index is 10.6. The summed E-state index contributed by atoms with van der Waals surface area (Å²) in [5.74, 6) is -3.10. The molecule has 1 heterocycles. The van der Waals surface area contributed by atoms with Crippen LogP contribution in [0.1, 0.15) is 13.8 Å². The van der Waals surface area contributed by atoms with E-state index in [1.807, 2.05) is 13.8 Å². The van der Waals surface area contributed by atoms with Crippen LogP contribution in [0.2, 0.25) is 0 Å². The fourth-order valence-electron chi connectivity index (χ4n) is 1.35. The second-order valence-corrected chi connectivity index (χ2v) is 3.66. The van der Waals surface area contributed by atoms with Crippen LogP contribution in [-0.4, -0.2) is 36.0 Å². The second-order valence-electron chi connectivity index (χ2n) is 3.66. The Morgan fingerprint density at radius 2 is 1.47 bits per heavy atom. The van der Waals surface area contributed by atoms with Crippen molar-refractivity contribution in [2.45, 2.75) is 19.9 Å². The Labute approximate surface area is 133 Å². The molecule has 5 nitrogen and oxygen atoms in total. The molecule has 1 saturated heterocycles. The third-order valence-corrected chi connectivity index (χ3v) is 2.46. The summed E-state index contributed by atoms with van der Waals surface area (Å²) < 4.78 is 0. The van der Waals surface area contributed by atoms with Gasteiger partial charge in [0, 0.05) is 19.1 Å². The van der Waals surface area contributed by atoms with Crippen molar-refractivity contribution in [2.24, 2.45) is 5.41 Å². The first kappa shape index (κ1) is 18.3. The van der Waals surface area contributed by atoms with Crippen LogP contribution in [0, 0.1) is 5.41 Å². The fourth-order valence-corrected chi connectivity index (χ4v) is 1.35. The predicted molar refractivity (Wildman–Crippen MR) is 39.2 cm³/mol. The number of rotatable bonds is 3. The van der Waals surface area contributed by atoms with Gasteiger partial charge in [-0.3, -0.25) is 4.90 Å². The number of likely N-dealkylation sites (tertiary alicyclic amines) is 1. The minimum Gasteiger partial charge on any atom is -0.549 e. The summed E-state index contributed by atoms with van der Waals surface area (Å²) in [5.41, 5.74) is -1.79. The smallest absolute Gasteiger partial charge is 0.549 e. The molecule has 1 fully saturated rings. The molecule has 1 aliphatic heterocycles. The first-order valence-corrected chi connectivity index (χ1v) is 4.07. The molecule has 1 aliphatic rings. The molecule has 0 aliphatic carbocycles. The molecule has 0 aromatic heterocycles. The van der Waals surface area contributed by atoms with Gasteiger partial charge in [-0.2, -0.15) is 0 Å². The zero-order valence-electron chi connectivity index (χ0n) is 9.57. The van der Waals surface area contributed by atoms with Crippen LogP contribution >= 0.6 is 0 Å². The van der Waals surface area contributed by atoms with Gasteiger partial charge in [0.2, 0.25) is 0 Å². The van der Waals surface area contributed by atoms with Crippen LogP contribution in [0.25, 0.3) is 0 Å². The molecule has 0 aromatic carbocycles. The summed E-state index contributed by atoms with van der Waals surface area (Å²) in [6, 6.07) is 0.145. The van der Waals surface area contributed by atoms with E-state index in [0.717, 1.165) is 0 Å². The maximum Gasteiger partial charge on any atom is 1.00 e. The Kier molecular flexibility index (Phi) is 8.03. The monoisotopic (exact) mass is 231 g/mol. The molecule has 7 heteroatoms. The molecule has 0 atom stereocenters. The molecule has 0 saturated carbocycles. The molecule has 0 N–H and O–H groups in total. The van der Waals surface area contributed by atoms with Crippen LogP contribution in [0.15, 0.2) is 0 Å². The summed E-state index contributed by atoms with van der Waals surface area (Å²) in [6.07, 6.45) is 0. The standard InChI is InChI=1S/C8H13NO4.2Na/c1-5(2)9-3-8(4-9,6(10)11)7(12)13;;/h5H,3-4H2,1-2H3,(H,10,11)(H,12,13);;/q;2*+1/p-2. The molecule has 1 rings (SSSR count). The van der Waals surface area contributed by atoms with Crippen LogP contribution in [0.5, 0.6) is 0 Å².